The van der Waals surface area contributed by atoms with Crippen LogP contribution in [-0.2, 0) is 4.74 Å². The molecule has 0 aliphatic rings. The molecule has 0 fully saturated rings. The lowest BCUT2D eigenvalue weighted by atomic mass is 10.1. The standard InChI is InChI=1S/C13H19FO/c1-10(2)8-9-15-11(3)12-4-6-13(14)7-5-12/h4-7,10-11H,8-9H2,1-3H3. The molecule has 0 amide bonds. The third-order valence-corrected chi connectivity index (χ3v) is 2.40. The van der Waals surface area contributed by atoms with Crippen LogP contribution < -0.4 is 0 Å². The predicted octanol–water partition coefficient (Wildman–Crippen LogP) is 3.95. The van der Waals surface area contributed by atoms with Crippen molar-refractivity contribution in [2.45, 2.75) is 33.3 Å². The maximum Gasteiger partial charge on any atom is 0.123 e. The highest BCUT2D eigenvalue weighted by Gasteiger charge is 2.05. The Bertz CT molecular complexity index is 279. The van der Waals surface area contributed by atoms with E-state index in [9.17, 15) is 4.39 Å². The van der Waals surface area contributed by atoms with Crippen LogP contribution in [0.25, 0.3) is 0 Å². The number of hydrogen-bond acceptors (Lipinski definition) is 1. The van der Waals surface area contributed by atoms with E-state index in [0.717, 1.165) is 18.6 Å². The van der Waals surface area contributed by atoms with Gasteiger partial charge in [0.2, 0.25) is 0 Å². The van der Waals surface area contributed by atoms with E-state index in [0.29, 0.717) is 5.92 Å². The van der Waals surface area contributed by atoms with Crippen molar-refractivity contribution in [3.8, 4) is 0 Å². The van der Waals surface area contributed by atoms with Gasteiger partial charge in [-0.05, 0) is 37.0 Å². The van der Waals surface area contributed by atoms with Gasteiger partial charge < -0.3 is 4.74 Å². The Hall–Kier alpha value is -0.890. The summed E-state index contributed by atoms with van der Waals surface area (Å²) in [5.74, 6) is 0.457. The Morgan fingerprint density at radius 2 is 1.73 bits per heavy atom. The molecule has 0 aromatic heterocycles. The van der Waals surface area contributed by atoms with Crippen LogP contribution in [0.5, 0.6) is 0 Å². The topological polar surface area (TPSA) is 9.23 Å². The number of ether oxygens (including phenoxy) is 1. The average Bonchev–Trinajstić information content (AvgIpc) is 2.18. The first-order valence-electron chi connectivity index (χ1n) is 5.46. The predicted molar refractivity (Wildman–Crippen MR) is 60.2 cm³/mol. The van der Waals surface area contributed by atoms with E-state index in [1.165, 1.54) is 12.1 Å². The molecule has 1 unspecified atom stereocenters. The Morgan fingerprint density at radius 1 is 1.13 bits per heavy atom. The fourth-order valence-corrected chi connectivity index (χ4v) is 1.31. The summed E-state index contributed by atoms with van der Waals surface area (Å²) in [4.78, 5) is 0. The molecule has 15 heavy (non-hydrogen) atoms. The zero-order valence-electron chi connectivity index (χ0n) is 9.66. The van der Waals surface area contributed by atoms with Crippen LogP contribution in [0, 0.1) is 11.7 Å². The smallest absolute Gasteiger partial charge is 0.123 e. The summed E-state index contributed by atoms with van der Waals surface area (Å²) in [5, 5.41) is 0. The van der Waals surface area contributed by atoms with Gasteiger partial charge in [-0.2, -0.15) is 0 Å². The van der Waals surface area contributed by atoms with E-state index in [2.05, 4.69) is 13.8 Å². The molecule has 2 heteroatoms. The zero-order chi connectivity index (χ0) is 11.3. The van der Waals surface area contributed by atoms with Crippen LogP contribution in [0.4, 0.5) is 4.39 Å². The molecular weight excluding hydrogens is 191 g/mol. The van der Waals surface area contributed by atoms with Gasteiger partial charge in [0, 0.05) is 6.61 Å². The second kappa shape index (κ2) is 5.86. The van der Waals surface area contributed by atoms with Crippen molar-refractivity contribution in [3.63, 3.8) is 0 Å². The van der Waals surface area contributed by atoms with Gasteiger partial charge >= 0.3 is 0 Å². The van der Waals surface area contributed by atoms with E-state index in [1.54, 1.807) is 12.1 Å². The fourth-order valence-electron chi connectivity index (χ4n) is 1.31. The minimum Gasteiger partial charge on any atom is -0.374 e. The molecule has 0 spiro atoms. The first-order chi connectivity index (χ1) is 7.09. The van der Waals surface area contributed by atoms with E-state index < -0.39 is 0 Å². The maximum atomic E-state index is 12.7. The number of benzene rings is 1. The first kappa shape index (κ1) is 12.2. The Morgan fingerprint density at radius 3 is 2.27 bits per heavy atom. The highest BCUT2D eigenvalue weighted by atomic mass is 19.1. The van der Waals surface area contributed by atoms with Crippen LogP contribution >= 0.6 is 0 Å². The van der Waals surface area contributed by atoms with E-state index in [4.69, 9.17) is 4.74 Å². The summed E-state index contributed by atoms with van der Waals surface area (Å²) in [6.45, 7) is 7.10. The molecule has 84 valence electrons. The number of hydrogen-bond donors (Lipinski definition) is 0. The van der Waals surface area contributed by atoms with Crippen molar-refractivity contribution in [2.75, 3.05) is 6.61 Å². The van der Waals surface area contributed by atoms with Crippen molar-refractivity contribution < 1.29 is 9.13 Å². The Kier molecular flexibility index (Phi) is 4.76. The molecule has 1 rings (SSSR count). The normalized spacial score (nSPS) is 13.1. The van der Waals surface area contributed by atoms with Gasteiger partial charge in [0.15, 0.2) is 0 Å². The van der Waals surface area contributed by atoms with Gasteiger partial charge in [0.25, 0.3) is 0 Å². The molecule has 0 aliphatic carbocycles. The first-order valence-corrected chi connectivity index (χ1v) is 5.46. The van der Waals surface area contributed by atoms with Crippen molar-refractivity contribution in [1.29, 1.82) is 0 Å². The lowest BCUT2D eigenvalue weighted by molar-refractivity contribution is 0.0583. The van der Waals surface area contributed by atoms with Crippen molar-refractivity contribution in [1.82, 2.24) is 0 Å². The second-order valence-corrected chi connectivity index (χ2v) is 4.25. The lowest BCUT2D eigenvalue weighted by Crippen LogP contribution is -2.04. The largest absolute Gasteiger partial charge is 0.374 e. The molecule has 0 aliphatic heterocycles. The van der Waals surface area contributed by atoms with Gasteiger partial charge in [-0.1, -0.05) is 26.0 Å². The minimum absolute atomic E-state index is 0.0457. The van der Waals surface area contributed by atoms with Gasteiger partial charge in [-0.3, -0.25) is 0 Å². The second-order valence-electron chi connectivity index (χ2n) is 4.25. The van der Waals surface area contributed by atoms with Crippen LogP contribution in [0.2, 0.25) is 0 Å². The quantitative estimate of drug-likeness (QED) is 0.715. The summed E-state index contributed by atoms with van der Waals surface area (Å²) in [5.41, 5.74) is 1.03. The summed E-state index contributed by atoms with van der Waals surface area (Å²) in [7, 11) is 0. The van der Waals surface area contributed by atoms with Crippen LogP contribution in [0.1, 0.15) is 38.9 Å². The summed E-state index contributed by atoms with van der Waals surface area (Å²) in [6, 6.07) is 6.49. The third kappa shape index (κ3) is 4.43. The SMILES string of the molecule is CC(C)CCOC(C)c1ccc(F)cc1. The van der Waals surface area contributed by atoms with E-state index >= 15 is 0 Å². The Labute approximate surface area is 91.3 Å². The highest BCUT2D eigenvalue weighted by Crippen LogP contribution is 2.17. The maximum absolute atomic E-state index is 12.7. The molecule has 1 nitrogen and oxygen atoms in total. The van der Waals surface area contributed by atoms with E-state index in [-0.39, 0.29) is 11.9 Å². The van der Waals surface area contributed by atoms with Crippen molar-refractivity contribution >= 4 is 0 Å². The molecule has 1 atom stereocenters. The van der Waals surface area contributed by atoms with Gasteiger partial charge in [-0.25, -0.2) is 4.39 Å². The summed E-state index contributed by atoms with van der Waals surface area (Å²) >= 11 is 0. The van der Waals surface area contributed by atoms with Crippen LogP contribution in [0.3, 0.4) is 0 Å². The lowest BCUT2D eigenvalue weighted by Gasteiger charge is -2.14. The molecule has 1 aromatic carbocycles. The zero-order valence-corrected chi connectivity index (χ0v) is 9.66. The Balaban J connectivity index is 2.40. The van der Waals surface area contributed by atoms with Crippen molar-refractivity contribution in [3.05, 3.63) is 35.6 Å². The number of halogens is 1. The highest BCUT2D eigenvalue weighted by molar-refractivity contribution is 5.17. The molecule has 0 saturated heterocycles. The molecule has 0 bridgehead atoms. The monoisotopic (exact) mass is 210 g/mol. The molecule has 0 heterocycles. The molecule has 1 aromatic rings. The average molecular weight is 210 g/mol. The number of rotatable bonds is 5. The van der Waals surface area contributed by atoms with Crippen LogP contribution in [-0.4, -0.2) is 6.61 Å². The van der Waals surface area contributed by atoms with Crippen LogP contribution in [0.15, 0.2) is 24.3 Å². The molecule has 0 saturated carbocycles. The van der Waals surface area contributed by atoms with E-state index in [1.807, 2.05) is 6.92 Å². The van der Waals surface area contributed by atoms with Gasteiger partial charge in [-0.15, -0.1) is 0 Å². The summed E-state index contributed by atoms with van der Waals surface area (Å²) in [6.07, 6.45) is 1.11. The fraction of sp³-hybridized carbons (Fsp3) is 0.538. The molecule has 0 N–H and O–H groups in total. The minimum atomic E-state index is -0.201. The third-order valence-electron chi connectivity index (χ3n) is 2.40. The van der Waals surface area contributed by atoms with Gasteiger partial charge in [0.05, 0.1) is 6.10 Å². The van der Waals surface area contributed by atoms with Crippen molar-refractivity contribution in [2.24, 2.45) is 5.92 Å². The molecule has 0 radical (unpaired) electrons. The summed E-state index contributed by atoms with van der Waals surface area (Å²) < 4.78 is 18.3. The van der Waals surface area contributed by atoms with Gasteiger partial charge in [0.1, 0.15) is 5.82 Å². The molecular formula is C13H19FO.